The molecule has 0 saturated carbocycles. The molecule has 0 bridgehead atoms. The standard InChI is InChI=1S/C23H26N4O4/c1-14-17(15(2)25-22(29)18(14)13-24)7-9-21(28)26-19-12-16(23(30)31-3)6-8-20(19)27-10-4-5-11-27/h6,8,12H,4-5,7,9-11H2,1-3H3,(H,25,29)(H,26,28). The quantitative estimate of drug-likeness (QED) is 0.692. The molecule has 2 aromatic rings. The minimum Gasteiger partial charge on any atom is -0.465 e. The van der Waals surface area contributed by atoms with Gasteiger partial charge in [-0.25, -0.2) is 4.79 Å². The average molecular weight is 422 g/mol. The Balaban J connectivity index is 1.81. The Hall–Kier alpha value is -3.60. The molecule has 1 aliphatic rings. The number of aromatic nitrogens is 1. The summed E-state index contributed by atoms with van der Waals surface area (Å²) in [5.41, 5.74) is 3.51. The van der Waals surface area contributed by atoms with Gasteiger partial charge in [-0.1, -0.05) is 0 Å². The smallest absolute Gasteiger partial charge is 0.337 e. The van der Waals surface area contributed by atoms with Crippen LogP contribution in [0.5, 0.6) is 0 Å². The maximum atomic E-state index is 12.8. The van der Waals surface area contributed by atoms with Gasteiger partial charge in [0.05, 0.1) is 24.0 Å². The molecule has 1 aromatic carbocycles. The number of aryl methyl sites for hydroxylation is 1. The molecule has 8 nitrogen and oxygen atoms in total. The van der Waals surface area contributed by atoms with E-state index < -0.39 is 11.5 Å². The third kappa shape index (κ3) is 4.77. The molecule has 31 heavy (non-hydrogen) atoms. The van der Waals surface area contributed by atoms with Gasteiger partial charge in [0.15, 0.2) is 0 Å². The second-order valence-corrected chi connectivity index (χ2v) is 7.64. The number of ether oxygens (including phenoxy) is 1. The lowest BCUT2D eigenvalue weighted by atomic mass is 9.99. The lowest BCUT2D eigenvalue weighted by Gasteiger charge is -2.22. The number of hydrogen-bond donors (Lipinski definition) is 2. The molecule has 0 aliphatic carbocycles. The molecule has 8 heteroatoms. The summed E-state index contributed by atoms with van der Waals surface area (Å²) in [6.45, 7) is 5.27. The van der Waals surface area contributed by atoms with Crippen molar-refractivity contribution in [1.29, 1.82) is 5.26 Å². The molecule has 1 aromatic heterocycles. The second kappa shape index (κ2) is 9.47. The zero-order chi connectivity index (χ0) is 22.5. The van der Waals surface area contributed by atoms with Crippen LogP contribution in [-0.4, -0.2) is 37.1 Å². The number of nitrogens with one attached hydrogen (secondary N) is 2. The van der Waals surface area contributed by atoms with E-state index in [1.807, 2.05) is 12.1 Å². The van der Waals surface area contributed by atoms with Crippen LogP contribution >= 0.6 is 0 Å². The number of benzene rings is 1. The number of aromatic amines is 1. The van der Waals surface area contributed by atoms with Crippen molar-refractivity contribution in [3.8, 4) is 6.07 Å². The lowest BCUT2D eigenvalue weighted by molar-refractivity contribution is -0.116. The van der Waals surface area contributed by atoms with Crippen molar-refractivity contribution in [3.05, 3.63) is 56.5 Å². The van der Waals surface area contributed by atoms with Crippen LogP contribution in [0.15, 0.2) is 23.0 Å². The number of anilines is 2. The van der Waals surface area contributed by atoms with Crippen molar-refractivity contribution in [1.82, 2.24) is 4.98 Å². The van der Waals surface area contributed by atoms with Gasteiger partial charge in [0.1, 0.15) is 11.6 Å². The second-order valence-electron chi connectivity index (χ2n) is 7.64. The zero-order valence-corrected chi connectivity index (χ0v) is 18.0. The molecular formula is C23H26N4O4. The fraction of sp³-hybridized carbons (Fsp3) is 0.391. The Labute approximate surface area is 180 Å². The molecule has 3 rings (SSSR count). The van der Waals surface area contributed by atoms with E-state index in [4.69, 9.17) is 4.74 Å². The summed E-state index contributed by atoms with van der Waals surface area (Å²) < 4.78 is 4.80. The highest BCUT2D eigenvalue weighted by Crippen LogP contribution is 2.30. The van der Waals surface area contributed by atoms with Crippen molar-refractivity contribution >= 4 is 23.3 Å². The number of H-pyrrole nitrogens is 1. The van der Waals surface area contributed by atoms with Gasteiger partial charge < -0.3 is 19.9 Å². The van der Waals surface area contributed by atoms with E-state index in [2.05, 4.69) is 15.2 Å². The molecular weight excluding hydrogens is 396 g/mol. The predicted molar refractivity (Wildman–Crippen MR) is 117 cm³/mol. The van der Waals surface area contributed by atoms with Crippen molar-refractivity contribution in [3.63, 3.8) is 0 Å². The third-order valence-electron chi connectivity index (χ3n) is 5.66. The molecule has 2 N–H and O–H groups in total. The lowest BCUT2D eigenvalue weighted by Crippen LogP contribution is -2.22. The monoisotopic (exact) mass is 422 g/mol. The summed E-state index contributed by atoms with van der Waals surface area (Å²) >= 11 is 0. The van der Waals surface area contributed by atoms with Crippen LogP contribution in [0.3, 0.4) is 0 Å². The largest absolute Gasteiger partial charge is 0.465 e. The zero-order valence-electron chi connectivity index (χ0n) is 18.0. The summed E-state index contributed by atoms with van der Waals surface area (Å²) in [5.74, 6) is -0.682. The van der Waals surface area contributed by atoms with Crippen LogP contribution in [-0.2, 0) is 16.0 Å². The van der Waals surface area contributed by atoms with Crippen LogP contribution in [0.2, 0.25) is 0 Å². The number of rotatable bonds is 6. The van der Waals surface area contributed by atoms with Gasteiger partial charge in [0, 0.05) is 25.2 Å². The van der Waals surface area contributed by atoms with Crippen molar-refractivity contribution in [2.45, 2.75) is 39.5 Å². The van der Waals surface area contributed by atoms with Crippen LogP contribution in [0, 0.1) is 25.2 Å². The highest BCUT2D eigenvalue weighted by molar-refractivity contribution is 5.98. The summed E-state index contributed by atoms with van der Waals surface area (Å²) in [6, 6.07) is 7.10. The number of carbonyl (C=O) groups excluding carboxylic acids is 2. The van der Waals surface area contributed by atoms with E-state index in [1.165, 1.54) is 7.11 Å². The first-order chi connectivity index (χ1) is 14.8. The average Bonchev–Trinajstić information content (AvgIpc) is 3.27. The van der Waals surface area contributed by atoms with Gasteiger partial charge in [-0.3, -0.25) is 9.59 Å². The molecule has 0 radical (unpaired) electrons. The van der Waals surface area contributed by atoms with Gasteiger partial charge in [-0.05, 0) is 62.4 Å². The number of carbonyl (C=O) groups is 2. The van der Waals surface area contributed by atoms with E-state index in [0.29, 0.717) is 28.9 Å². The maximum absolute atomic E-state index is 12.8. The molecule has 0 unspecified atom stereocenters. The Morgan fingerprint density at radius 2 is 1.97 bits per heavy atom. The summed E-state index contributed by atoms with van der Waals surface area (Å²) in [4.78, 5) is 41.5. The fourth-order valence-corrected chi connectivity index (χ4v) is 3.99. The SMILES string of the molecule is COC(=O)c1ccc(N2CCCC2)c(NC(=O)CCc2c(C)[nH]c(=O)c(C#N)c2C)c1. The number of pyridine rings is 1. The molecule has 0 spiro atoms. The van der Waals surface area contributed by atoms with Crippen LogP contribution < -0.4 is 15.8 Å². The van der Waals surface area contributed by atoms with Crippen molar-refractivity contribution in [2.24, 2.45) is 0 Å². The first-order valence-electron chi connectivity index (χ1n) is 10.2. The minimum absolute atomic E-state index is 0.0723. The van der Waals surface area contributed by atoms with Gasteiger partial charge in [0.2, 0.25) is 5.91 Å². The van der Waals surface area contributed by atoms with Gasteiger partial charge in [-0.2, -0.15) is 5.26 Å². The molecule has 2 heterocycles. The molecule has 1 fully saturated rings. The van der Waals surface area contributed by atoms with Crippen molar-refractivity contribution < 1.29 is 14.3 Å². The fourth-order valence-electron chi connectivity index (χ4n) is 3.99. The number of esters is 1. The van der Waals surface area contributed by atoms with E-state index in [9.17, 15) is 19.6 Å². The highest BCUT2D eigenvalue weighted by Gasteiger charge is 2.20. The number of amides is 1. The van der Waals surface area contributed by atoms with E-state index in [1.54, 1.807) is 26.0 Å². The first kappa shape index (κ1) is 22.1. The number of nitriles is 1. The Morgan fingerprint density at radius 3 is 2.61 bits per heavy atom. The molecule has 1 saturated heterocycles. The van der Waals surface area contributed by atoms with Gasteiger partial charge in [-0.15, -0.1) is 0 Å². The van der Waals surface area contributed by atoms with Crippen LogP contribution in [0.1, 0.15) is 52.0 Å². The normalized spacial score (nSPS) is 13.0. The Kier molecular flexibility index (Phi) is 6.75. The first-order valence-corrected chi connectivity index (χ1v) is 10.2. The maximum Gasteiger partial charge on any atom is 0.337 e. The van der Waals surface area contributed by atoms with Gasteiger partial charge >= 0.3 is 5.97 Å². The number of methoxy groups -OCH3 is 1. The highest BCUT2D eigenvalue weighted by atomic mass is 16.5. The van der Waals surface area contributed by atoms with Gasteiger partial charge in [0.25, 0.3) is 5.56 Å². The van der Waals surface area contributed by atoms with Crippen LogP contribution in [0.25, 0.3) is 0 Å². The topological polar surface area (TPSA) is 115 Å². The Bertz CT molecular complexity index is 1110. The summed E-state index contributed by atoms with van der Waals surface area (Å²) in [6.07, 6.45) is 2.71. The van der Waals surface area contributed by atoms with E-state index in [0.717, 1.165) is 37.2 Å². The van der Waals surface area contributed by atoms with Crippen molar-refractivity contribution in [2.75, 3.05) is 30.4 Å². The minimum atomic E-state index is -0.466. The molecule has 162 valence electrons. The van der Waals surface area contributed by atoms with E-state index in [-0.39, 0.29) is 17.9 Å². The molecule has 1 amide bonds. The van der Waals surface area contributed by atoms with Crippen LogP contribution in [0.4, 0.5) is 11.4 Å². The molecule has 0 atom stereocenters. The summed E-state index contributed by atoms with van der Waals surface area (Å²) in [7, 11) is 1.32. The Morgan fingerprint density at radius 1 is 1.26 bits per heavy atom. The number of nitrogens with zero attached hydrogens (tertiary/aromatic N) is 2. The predicted octanol–water partition coefficient (Wildman–Crippen LogP) is 2.82. The third-order valence-corrected chi connectivity index (χ3v) is 5.66. The van der Waals surface area contributed by atoms with E-state index >= 15 is 0 Å². The number of hydrogen-bond acceptors (Lipinski definition) is 6. The molecule has 1 aliphatic heterocycles. The summed E-state index contributed by atoms with van der Waals surface area (Å²) in [5, 5.41) is 12.2.